The van der Waals surface area contributed by atoms with Gasteiger partial charge in [-0.3, -0.25) is 9.78 Å². The Bertz CT molecular complexity index is 352. The zero-order valence-electron chi connectivity index (χ0n) is 9.43. The van der Waals surface area contributed by atoms with Crippen molar-refractivity contribution in [1.82, 2.24) is 9.88 Å². The second-order valence-electron chi connectivity index (χ2n) is 4.25. The van der Waals surface area contributed by atoms with E-state index in [0.717, 1.165) is 19.3 Å². The fourth-order valence-electron chi connectivity index (χ4n) is 2.33. The SMILES string of the molecule is CC1CCCC(CN)N1C(=O)c1cncs1. The highest BCUT2D eigenvalue weighted by Crippen LogP contribution is 2.25. The van der Waals surface area contributed by atoms with Crippen LogP contribution in [0.2, 0.25) is 0 Å². The Labute approximate surface area is 99.5 Å². The molecule has 5 heteroatoms. The smallest absolute Gasteiger partial charge is 0.266 e. The summed E-state index contributed by atoms with van der Waals surface area (Å²) in [5.74, 6) is 0.0881. The van der Waals surface area contributed by atoms with E-state index in [9.17, 15) is 4.79 Å². The van der Waals surface area contributed by atoms with Crippen molar-refractivity contribution < 1.29 is 4.79 Å². The van der Waals surface area contributed by atoms with Gasteiger partial charge in [0, 0.05) is 18.6 Å². The number of likely N-dealkylation sites (tertiary alicyclic amines) is 1. The average Bonchev–Trinajstić information content (AvgIpc) is 2.81. The van der Waals surface area contributed by atoms with E-state index < -0.39 is 0 Å². The molecule has 0 saturated carbocycles. The van der Waals surface area contributed by atoms with Gasteiger partial charge in [0.15, 0.2) is 0 Å². The Hall–Kier alpha value is -0.940. The number of amides is 1. The van der Waals surface area contributed by atoms with Crippen molar-refractivity contribution in [3.05, 3.63) is 16.6 Å². The van der Waals surface area contributed by atoms with Crippen molar-refractivity contribution in [2.75, 3.05) is 6.54 Å². The minimum Gasteiger partial charge on any atom is -0.331 e. The number of nitrogens with zero attached hydrogens (tertiary/aromatic N) is 2. The molecule has 2 atom stereocenters. The maximum absolute atomic E-state index is 12.3. The molecule has 0 aliphatic carbocycles. The zero-order valence-corrected chi connectivity index (χ0v) is 10.2. The van der Waals surface area contributed by atoms with E-state index >= 15 is 0 Å². The van der Waals surface area contributed by atoms with Crippen LogP contribution in [0.3, 0.4) is 0 Å². The van der Waals surface area contributed by atoms with E-state index in [1.165, 1.54) is 11.3 Å². The fourth-order valence-corrected chi connectivity index (χ4v) is 2.90. The monoisotopic (exact) mass is 239 g/mol. The summed E-state index contributed by atoms with van der Waals surface area (Å²) < 4.78 is 0. The molecule has 1 aliphatic heterocycles. The molecule has 1 aliphatic rings. The molecule has 0 radical (unpaired) electrons. The number of carbonyl (C=O) groups excluding carboxylic acids is 1. The Morgan fingerprint density at radius 3 is 3.12 bits per heavy atom. The van der Waals surface area contributed by atoms with E-state index in [2.05, 4.69) is 11.9 Å². The standard InChI is InChI=1S/C11H17N3OS/c1-8-3-2-4-9(5-12)14(8)11(15)10-6-13-7-16-10/h6-9H,2-5,12H2,1H3. The van der Waals surface area contributed by atoms with E-state index in [0.29, 0.717) is 11.4 Å². The first-order valence-corrected chi connectivity index (χ1v) is 6.53. The quantitative estimate of drug-likeness (QED) is 0.850. The van der Waals surface area contributed by atoms with Crippen LogP contribution in [-0.2, 0) is 0 Å². The second kappa shape index (κ2) is 4.93. The largest absolute Gasteiger partial charge is 0.331 e. The van der Waals surface area contributed by atoms with Crippen molar-refractivity contribution >= 4 is 17.2 Å². The number of nitrogens with two attached hydrogens (primary N) is 1. The molecule has 0 spiro atoms. The molecule has 4 nitrogen and oxygen atoms in total. The molecule has 0 aromatic carbocycles. The summed E-state index contributed by atoms with van der Waals surface area (Å²) in [6.45, 7) is 2.65. The Balaban J connectivity index is 2.19. The third-order valence-corrected chi connectivity index (χ3v) is 3.94. The third-order valence-electron chi connectivity index (χ3n) is 3.18. The highest BCUT2D eigenvalue weighted by Gasteiger charge is 2.31. The molecular weight excluding hydrogens is 222 g/mol. The lowest BCUT2D eigenvalue weighted by Gasteiger charge is -2.40. The molecule has 2 heterocycles. The van der Waals surface area contributed by atoms with Crippen molar-refractivity contribution in [3.8, 4) is 0 Å². The van der Waals surface area contributed by atoms with Crippen LogP contribution in [0.25, 0.3) is 0 Å². The normalized spacial score (nSPS) is 25.8. The minimum atomic E-state index is 0.0881. The summed E-state index contributed by atoms with van der Waals surface area (Å²) in [5, 5.41) is 0. The van der Waals surface area contributed by atoms with Gasteiger partial charge in [-0.05, 0) is 26.2 Å². The van der Waals surface area contributed by atoms with Crippen LogP contribution in [0.4, 0.5) is 0 Å². The van der Waals surface area contributed by atoms with Gasteiger partial charge < -0.3 is 10.6 Å². The lowest BCUT2D eigenvalue weighted by atomic mass is 9.96. The van der Waals surface area contributed by atoms with Gasteiger partial charge in [-0.2, -0.15) is 0 Å². The fraction of sp³-hybridized carbons (Fsp3) is 0.636. The molecule has 1 saturated heterocycles. The average molecular weight is 239 g/mol. The van der Waals surface area contributed by atoms with Crippen LogP contribution in [0.1, 0.15) is 35.9 Å². The van der Waals surface area contributed by atoms with Crippen LogP contribution < -0.4 is 5.73 Å². The van der Waals surface area contributed by atoms with Gasteiger partial charge in [0.25, 0.3) is 5.91 Å². The minimum absolute atomic E-state index is 0.0881. The third kappa shape index (κ3) is 2.10. The molecule has 1 fully saturated rings. The van der Waals surface area contributed by atoms with Gasteiger partial charge in [-0.15, -0.1) is 11.3 Å². The van der Waals surface area contributed by atoms with Crippen LogP contribution in [0.5, 0.6) is 0 Å². The first kappa shape index (κ1) is 11.5. The predicted octanol–water partition coefficient (Wildman–Crippen LogP) is 1.48. The van der Waals surface area contributed by atoms with E-state index in [4.69, 9.17) is 5.73 Å². The summed E-state index contributed by atoms with van der Waals surface area (Å²) in [7, 11) is 0. The molecule has 1 aromatic rings. The number of aromatic nitrogens is 1. The molecule has 2 unspecified atom stereocenters. The number of hydrogen-bond donors (Lipinski definition) is 1. The van der Waals surface area contributed by atoms with Gasteiger partial charge in [-0.1, -0.05) is 0 Å². The first-order valence-electron chi connectivity index (χ1n) is 5.65. The summed E-state index contributed by atoms with van der Waals surface area (Å²) in [4.78, 5) is 18.9. The molecule has 2 rings (SSSR count). The maximum atomic E-state index is 12.3. The topological polar surface area (TPSA) is 59.2 Å². The second-order valence-corrected chi connectivity index (χ2v) is 5.13. The number of hydrogen-bond acceptors (Lipinski definition) is 4. The van der Waals surface area contributed by atoms with Crippen molar-refractivity contribution in [2.24, 2.45) is 5.73 Å². The number of piperidine rings is 1. The van der Waals surface area contributed by atoms with Crippen LogP contribution >= 0.6 is 11.3 Å². The number of rotatable bonds is 2. The van der Waals surface area contributed by atoms with Crippen molar-refractivity contribution in [3.63, 3.8) is 0 Å². The van der Waals surface area contributed by atoms with Gasteiger partial charge in [-0.25, -0.2) is 0 Å². The lowest BCUT2D eigenvalue weighted by molar-refractivity contribution is 0.0499. The molecule has 2 N–H and O–H groups in total. The summed E-state index contributed by atoms with van der Waals surface area (Å²) in [5.41, 5.74) is 7.43. The lowest BCUT2D eigenvalue weighted by Crippen LogP contribution is -2.51. The summed E-state index contributed by atoms with van der Waals surface area (Å²) in [6.07, 6.45) is 4.89. The van der Waals surface area contributed by atoms with Crippen molar-refractivity contribution in [2.45, 2.75) is 38.3 Å². The Morgan fingerprint density at radius 1 is 1.69 bits per heavy atom. The molecule has 88 valence electrons. The Morgan fingerprint density at radius 2 is 2.50 bits per heavy atom. The van der Waals surface area contributed by atoms with Gasteiger partial charge in [0.2, 0.25) is 0 Å². The molecule has 1 aromatic heterocycles. The van der Waals surface area contributed by atoms with Crippen LogP contribution in [-0.4, -0.2) is 34.4 Å². The van der Waals surface area contributed by atoms with Gasteiger partial charge >= 0.3 is 0 Å². The molecule has 0 bridgehead atoms. The molecule has 16 heavy (non-hydrogen) atoms. The molecule has 1 amide bonds. The number of carbonyl (C=O) groups is 1. The van der Waals surface area contributed by atoms with E-state index in [1.807, 2.05) is 4.90 Å². The number of thiazole rings is 1. The zero-order chi connectivity index (χ0) is 11.5. The van der Waals surface area contributed by atoms with Gasteiger partial charge in [0.1, 0.15) is 4.88 Å². The van der Waals surface area contributed by atoms with E-state index in [1.54, 1.807) is 11.7 Å². The highest BCUT2D eigenvalue weighted by molar-refractivity contribution is 7.11. The maximum Gasteiger partial charge on any atom is 0.266 e. The Kier molecular flexibility index (Phi) is 3.56. The van der Waals surface area contributed by atoms with Crippen LogP contribution in [0, 0.1) is 0 Å². The molecular formula is C11H17N3OS. The first-order chi connectivity index (χ1) is 7.74. The highest BCUT2D eigenvalue weighted by atomic mass is 32.1. The van der Waals surface area contributed by atoms with Crippen LogP contribution in [0.15, 0.2) is 11.7 Å². The summed E-state index contributed by atoms with van der Waals surface area (Å²) in [6, 6.07) is 0.482. The van der Waals surface area contributed by atoms with Crippen molar-refractivity contribution in [1.29, 1.82) is 0 Å². The van der Waals surface area contributed by atoms with E-state index in [-0.39, 0.29) is 18.0 Å². The van der Waals surface area contributed by atoms with Gasteiger partial charge in [0.05, 0.1) is 11.7 Å². The predicted molar refractivity (Wildman–Crippen MR) is 64.4 cm³/mol. The summed E-state index contributed by atoms with van der Waals surface area (Å²) >= 11 is 1.40.